The van der Waals surface area contributed by atoms with E-state index in [2.05, 4.69) is 28.0 Å². The third kappa shape index (κ3) is 6.82. The maximum atomic E-state index is 13.1. The quantitative estimate of drug-likeness (QED) is 0.349. The number of halogens is 4. The Morgan fingerprint density at radius 1 is 1.27 bits per heavy atom. The number of rotatable bonds is 8. The zero-order valence-electron chi connectivity index (χ0n) is 20.5. The van der Waals surface area contributed by atoms with E-state index >= 15 is 0 Å². The molecule has 2 unspecified atom stereocenters. The standard InChI is InChI=1S/C26H29ClF3N5O2/c1-16-12-19(8-9-31-16)32-10-11-37-23-7-6-20(14-21(23)24-22(27)15-33-35(24)2)34-25(36)17-4-3-5-18(13-17)26(28,29)30/h3-7,13-16,19,31-32H,8-12H2,1-2H3,(H,34,36). The summed E-state index contributed by atoms with van der Waals surface area (Å²) in [6, 6.07) is 10.2. The molecule has 2 atom stereocenters. The van der Waals surface area contributed by atoms with E-state index in [0.29, 0.717) is 53.0 Å². The molecule has 3 N–H and O–H groups in total. The van der Waals surface area contributed by atoms with Crippen molar-refractivity contribution in [2.75, 3.05) is 25.0 Å². The molecular weight excluding hydrogens is 507 g/mol. The number of alkyl halides is 3. The van der Waals surface area contributed by atoms with Gasteiger partial charge in [-0.3, -0.25) is 9.48 Å². The van der Waals surface area contributed by atoms with Crippen molar-refractivity contribution < 1.29 is 22.7 Å². The molecule has 1 aliphatic rings. The average molecular weight is 536 g/mol. The molecule has 1 aromatic heterocycles. The van der Waals surface area contributed by atoms with Crippen LogP contribution in [0.15, 0.2) is 48.7 Å². The molecule has 198 valence electrons. The largest absolute Gasteiger partial charge is 0.492 e. The molecule has 0 bridgehead atoms. The van der Waals surface area contributed by atoms with Crippen molar-refractivity contribution in [3.63, 3.8) is 0 Å². The molecule has 2 heterocycles. The summed E-state index contributed by atoms with van der Waals surface area (Å²) in [6.45, 7) is 4.22. The van der Waals surface area contributed by atoms with E-state index in [4.69, 9.17) is 16.3 Å². The molecule has 11 heteroatoms. The number of carbonyl (C=O) groups excluding carboxylic acids is 1. The van der Waals surface area contributed by atoms with Crippen LogP contribution in [0.4, 0.5) is 18.9 Å². The Morgan fingerprint density at radius 2 is 2.08 bits per heavy atom. The van der Waals surface area contributed by atoms with Gasteiger partial charge in [0.15, 0.2) is 0 Å². The lowest BCUT2D eigenvalue weighted by molar-refractivity contribution is -0.137. The van der Waals surface area contributed by atoms with Gasteiger partial charge in [-0.25, -0.2) is 0 Å². The van der Waals surface area contributed by atoms with Crippen LogP contribution in [-0.2, 0) is 13.2 Å². The highest BCUT2D eigenvalue weighted by atomic mass is 35.5. The number of benzene rings is 2. The molecule has 3 aromatic rings. The summed E-state index contributed by atoms with van der Waals surface area (Å²) in [5.41, 5.74) is 0.575. The Labute approximate surface area is 218 Å². The fourth-order valence-electron chi connectivity index (χ4n) is 4.41. The summed E-state index contributed by atoms with van der Waals surface area (Å²) in [7, 11) is 1.73. The minimum absolute atomic E-state index is 0.103. The first-order valence-corrected chi connectivity index (χ1v) is 12.4. The molecule has 1 aliphatic heterocycles. The van der Waals surface area contributed by atoms with Gasteiger partial charge in [-0.2, -0.15) is 18.3 Å². The number of hydrogen-bond donors (Lipinski definition) is 3. The number of ether oxygens (including phenoxy) is 1. The number of piperidine rings is 1. The van der Waals surface area contributed by atoms with E-state index in [0.717, 1.165) is 31.5 Å². The second-order valence-corrected chi connectivity index (χ2v) is 9.49. The molecule has 2 aromatic carbocycles. The van der Waals surface area contributed by atoms with Gasteiger partial charge in [0.2, 0.25) is 0 Å². The van der Waals surface area contributed by atoms with Gasteiger partial charge in [-0.15, -0.1) is 0 Å². The van der Waals surface area contributed by atoms with Crippen molar-refractivity contribution in [3.05, 3.63) is 64.8 Å². The van der Waals surface area contributed by atoms with E-state index in [1.165, 1.54) is 18.3 Å². The Hall–Kier alpha value is -3.08. The number of amides is 1. The summed E-state index contributed by atoms with van der Waals surface area (Å²) in [6.07, 6.45) is -0.926. The fourth-order valence-corrected chi connectivity index (χ4v) is 4.68. The predicted octanol–water partition coefficient (Wildman–Crippen LogP) is 5.12. The van der Waals surface area contributed by atoms with Crippen molar-refractivity contribution in [1.29, 1.82) is 0 Å². The van der Waals surface area contributed by atoms with E-state index in [1.807, 2.05) is 0 Å². The second-order valence-electron chi connectivity index (χ2n) is 9.09. The van der Waals surface area contributed by atoms with Crippen molar-refractivity contribution >= 4 is 23.2 Å². The number of aryl methyl sites for hydroxylation is 1. The summed E-state index contributed by atoms with van der Waals surface area (Å²) < 4.78 is 46.9. The highest BCUT2D eigenvalue weighted by Gasteiger charge is 2.31. The van der Waals surface area contributed by atoms with Crippen molar-refractivity contribution in [3.8, 4) is 17.0 Å². The Bertz CT molecular complexity index is 1230. The molecule has 37 heavy (non-hydrogen) atoms. The first kappa shape index (κ1) is 27.0. The number of nitrogens with one attached hydrogen (secondary N) is 3. The number of hydrogen-bond acceptors (Lipinski definition) is 5. The SMILES string of the molecule is CC1CC(NCCOc2ccc(NC(=O)c3cccc(C(F)(F)F)c3)cc2-c2c(Cl)cnn2C)CCN1. The number of anilines is 1. The lowest BCUT2D eigenvalue weighted by atomic mass is 10.0. The van der Waals surface area contributed by atoms with Crippen LogP contribution in [0.25, 0.3) is 11.3 Å². The summed E-state index contributed by atoms with van der Waals surface area (Å²) in [5, 5.41) is 14.2. The Balaban J connectivity index is 1.50. The van der Waals surface area contributed by atoms with Gasteiger partial charge in [0.1, 0.15) is 12.4 Å². The maximum Gasteiger partial charge on any atom is 0.416 e. The van der Waals surface area contributed by atoms with Gasteiger partial charge < -0.3 is 20.7 Å². The summed E-state index contributed by atoms with van der Waals surface area (Å²) in [4.78, 5) is 12.7. The van der Waals surface area contributed by atoms with Crippen LogP contribution < -0.4 is 20.7 Å². The molecule has 1 amide bonds. The van der Waals surface area contributed by atoms with Gasteiger partial charge in [-0.1, -0.05) is 17.7 Å². The minimum Gasteiger partial charge on any atom is -0.492 e. The van der Waals surface area contributed by atoms with Crippen LogP contribution in [0.5, 0.6) is 5.75 Å². The molecule has 0 radical (unpaired) electrons. The molecule has 0 spiro atoms. The second kappa shape index (κ2) is 11.5. The molecule has 0 saturated carbocycles. The number of nitrogens with zero attached hydrogens (tertiary/aromatic N) is 2. The van der Waals surface area contributed by atoms with Gasteiger partial charge in [0.05, 0.1) is 22.5 Å². The van der Waals surface area contributed by atoms with E-state index < -0.39 is 17.6 Å². The third-order valence-corrected chi connectivity index (χ3v) is 6.53. The molecular formula is C26H29ClF3N5O2. The highest BCUT2D eigenvalue weighted by molar-refractivity contribution is 6.33. The van der Waals surface area contributed by atoms with Crippen LogP contribution in [0.3, 0.4) is 0 Å². The van der Waals surface area contributed by atoms with Gasteiger partial charge in [0, 0.05) is 42.5 Å². The average Bonchev–Trinajstić information content (AvgIpc) is 3.19. The van der Waals surface area contributed by atoms with Crippen LogP contribution in [0.2, 0.25) is 5.02 Å². The molecule has 7 nitrogen and oxygen atoms in total. The fraction of sp³-hybridized carbons (Fsp3) is 0.385. The zero-order valence-corrected chi connectivity index (χ0v) is 21.3. The summed E-state index contributed by atoms with van der Waals surface area (Å²) >= 11 is 6.39. The Kier molecular flexibility index (Phi) is 8.41. The van der Waals surface area contributed by atoms with Crippen LogP contribution >= 0.6 is 11.6 Å². The lowest BCUT2D eigenvalue weighted by Crippen LogP contribution is -2.45. The summed E-state index contributed by atoms with van der Waals surface area (Å²) in [5.74, 6) is -0.120. The van der Waals surface area contributed by atoms with Crippen LogP contribution in [-0.4, -0.2) is 47.5 Å². The topological polar surface area (TPSA) is 80.2 Å². The van der Waals surface area contributed by atoms with E-state index in [-0.39, 0.29) is 5.56 Å². The lowest BCUT2D eigenvalue weighted by Gasteiger charge is -2.28. The number of carbonyl (C=O) groups is 1. The maximum absolute atomic E-state index is 13.1. The van der Waals surface area contributed by atoms with E-state index in [1.54, 1.807) is 29.9 Å². The monoisotopic (exact) mass is 535 g/mol. The first-order valence-electron chi connectivity index (χ1n) is 12.0. The van der Waals surface area contributed by atoms with Crippen molar-refractivity contribution in [2.24, 2.45) is 7.05 Å². The van der Waals surface area contributed by atoms with Crippen molar-refractivity contribution in [1.82, 2.24) is 20.4 Å². The van der Waals surface area contributed by atoms with Crippen LogP contribution in [0.1, 0.15) is 35.7 Å². The first-order chi connectivity index (χ1) is 17.6. The zero-order chi connectivity index (χ0) is 26.6. The van der Waals surface area contributed by atoms with E-state index in [9.17, 15) is 18.0 Å². The smallest absolute Gasteiger partial charge is 0.416 e. The highest BCUT2D eigenvalue weighted by Crippen LogP contribution is 2.37. The minimum atomic E-state index is -4.54. The predicted molar refractivity (Wildman–Crippen MR) is 137 cm³/mol. The van der Waals surface area contributed by atoms with Crippen LogP contribution in [0, 0.1) is 0 Å². The van der Waals surface area contributed by atoms with Gasteiger partial charge >= 0.3 is 6.18 Å². The van der Waals surface area contributed by atoms with Crippen molar-refractivity contribution in [2.45, 2.75) is 38.0 Å². The molecule has 1 saturated heterocycles. The number of aromatic nitrogens is 2. The molecule has 1 fully saturated rings. The normalized spacial score (nSPS) is 18.0. The Morgan fingerprint density at radius 3 is 2.78 bits per heavy atom. The molecule has 4 rings (SSSR count). The third-order valence-electron chi connectivity index (χ3n) is 6.26. The van der Waals surface area contributed by atoms with Gasteiger partial charge in [-0.05, 0) is 62.7 Å². The molecule has 0 aliphatic carbocycles. The van der Waals surface area contributed by atoms with Gasteiger partial charge in [0.25, 0.3) is 5.91 Å².